The highest BCUT2D eigenvalue weighted by molar-refractivity contribution is 5.79. The minimum atomic E-state index is -0.751. The second-order valence-corrected chi connectivity index (χ2v) is 9.49. The summed E-state index contributed by atoms with van der Waals surface area (Å²) in [6.07, 6.45) is 5.76. The molecule has 1 saturated heterocycles. The number of hydrogen-bond donors (Lipinski definition) is 0. The largest absolute Gasteiger partial charge is 0.492 e. The number of carbonyl (C=O) groups is 1. The van der Waals surface area contributed by atoms with Crippen LogP contribution in [0.5, 0.6) is 5.75 Å². The highest BCUT2D eigenvalue weighted by atomic mass is 19.1. The van der Waals surface area contributed by atoms with Crippen LogP contribution in [-0.4, -0.2) is 55.0 Å². The molecule has 1 saturated carbocycles. The Morgan fingerprint density at radius 3 is 2.32 bits per heavy atom. The molecule has 0 N–H and O–H groups in total. The molecule has 1 aliphatic carbocycles. The van der Waals surface area contributed by atoms with Crippen LogP contribution in [0.2, 0.25) is 0 Å². The summed E-state index contributed by atoms with van der Waals surface area (Å²) >= 11 is 0. The van der Waals surface area contributed by atoms with Crippen LogP contribution < -0.4 is 4.74 Å². The van der Waals surface area contributed by atoms with Crippen LogP contribution in [0.3, 0.4) is 0 Å². The SMILES string of the molecule is N#CC(CC(=O)N1CCN(CCOc2ccc(F)cc2)CC1)(c1ccccc1)C1CCCCC1. The smallest absolute Gasteiger partial charge is 0.224 e. The number of amides is 1. The summed E-state index contributed by atoms with van der Waals surface area (Å²) in [5.74, 6) is 0.691. The van der Waals surface area contributed by atoms with E-state index in [0.29, 0.717) is 25.4 Å². The van der Waals surface area contributed by atoms with Gasteiger partial charge in [-0.25, -0.2) is 4.39 Å². The average Bonchev–Trinajstić information content (AvgIpc) is 2.90. The van der Waals surface area contributed by atoms with Gasteiger partial charge < -0.3 is 9.64 Å². The van der Waals surface area contributed by atoms with Crippen molar-refractivity contribution in [3.05, 3.63) is 66.0 Å². The lowest BCUT2D eigenvalue weighted by Gasteiger charge is -2.40. The van der Waals surface area contributed by atoms with Crippen LogP contribution in [0, 0.1) is 23.1 Å². The van der Waals surface area contributed by atoms with E-state index in [2.05, 4.69) is 11.0 Å². The maximum absolute atomic E-state index is 13.4. The van der Waals surface area contributed by atoms with E-state index in [0.717, 1.165) is 50.9 Å². The van der Waals surface area contributed by atoms with E-state index < -0.39 is 5.41 Å². The Morgan fingerprint density at radius 2 is 1.68 bits per heavy atom. The van der Waals surface area contributed by atoms with Gasteiger partial charge in [0.2, 0.25) is 5.91 Å². The topological polar surface area (TPSA) is 56.6 Å². The summed E-state index contributed by atoms with van der Waals surface area (Å²) in [5, 5.41) is 10.4. The Bertz CT molecular complexity index is 961. The van der Waals surface area contributed by atoms with Crippen molar-refractivity contribution < 1.29 is 13.9 Å². The van der Waals surface area contributed by atoms with Gasteiger partial charge in [-0.15, -0.1) is 0 Å². The highest BCUT2D eigenvalue weighted by Crippen LogP contribution is 2.43. The zero-order chi connectivity index (χ0) is 23.8. The van der Waals surface area contributed by atoms with Crippen LogP contribution in [0.25, 0.3) is 0 Å². The predicted molar refractivity (Wildman–Crippen MR) is 130 cm³/mol. The molecule has 0 radical (unpaired) electrons. The minimum absolute atomic E-state index is 0.0817. The maximum Gasteiger partial charge on any atom is 0.224 e. The Balaban J connectivity index is 1.33. The number of nitriles is 1. The van der Waals surface area contributed by atoms with E-state index in [1.54, 1.807) is 12.1 Å². The van der Waals surface area contributed by atoms with E-state index in [1.165, 1.54) is 18.6 Å². The van der Waals surface area contributed by atoms with E-state index in [9.17, 15) is 14.4 Å². The van der Waals surface area contributed by atoms with Crippen molar-refractivity contribution in [2.75, 3.05) is 39.3 Å². The first-order valence-electron chi connectivity index (χ1n) is 12.5. The van der Waals surface area contributed by atoms with Crippen LogP contribution in [0.15, 0.2) is 54.6 Å². The molecule has 2 fully saturated rings. The van der Waals surface area contributed by atoms with Gasteiger partial charge in [-0.1, -0.05) is 49.6 Å². The molecule has 2 aromatic carbocycles. The van der Waals surface area contributed by atoms with Crippen LogP contribution in [0.1, 0.15) is 44.1 Å². The molecule has 34 heavy (non-hydrogen) atoms. The molecule has 0 spiro atoms. The first kappa shape index (κ1) is 24.2. The standard InChI is InChI=1S/C28H34FN3O2/c29-25-11-13-26(14-12-25)34-20-19-31-15-17-32(18-16-31)27(33)21-28(22-30,23-7-3-1-4-8-23)24-9-5-2-6-10-24/h1,3-4,7-8,11-14,24H,2,5-6,9-10,15-21H2. The van der Waals surface area contributed by atoms with Crippen molar-refractivity contribution in [3.63, 3.8) is 0 Å². The maximum atomic E-state index is 13.4. The second-order valence-electron chi connectivity index (χ2n) is 9.49. The normalized spacial score (nSPS) is 19.2. The predicted octanol–water partition coefficient (Wildman–Crippen LogP) is 4.78. The van der Waals surface area contributed by atoms with Gasteiger partial charge in [0.25, 0.3) is 0 Å². The molecule has 1 heterocycles. The molecule has 2 aliphatic rings. The van der Waals surface area contributed by atoms with E-state index in [1.807, 2.05) is 35.2 Å². The lowest BCUT2D eigenvalue weighted by molar-refractivity contribution is -0.134. The molecule has 1 unspecified atom stereocenters. The van der Waals surface area contributed by atoms with Crippen molar-refractivity contribution >= 4 is 5.91 Å². The van der Waals surface area contributed by atoms with Gasteiger partial charge in [0.1, 0.15) is 18.2 Å². The molecule has 0 bridgehead atoms. The van der Waals surface area contributed by atoms with E-state index >= 15 is 0 Å². The summed E-state index contributed by atoms with van der Waals surface area (Å²) in [4.78, 5) is 17.6. The fourth-order valence-electron chi connectivity index (χ4n) is 5.40. The fraction of sp³-hybridized carbons (Fsp3) is 0.500. The lowest BCUT2D eigenvalue weighted by Crippen LogP contribution is -2.51. The number of piperazine rings is 1. The number of halogens is 1. The zero-order valence-electron chi connectivity index (χ0n) is 19.8. The van der Waals surface area contributed by atoms with Crippen molar-refractivity contribution in [1.82, 2.24) is 9.80 Å². The first-order valence-corrected chi connectivity index (χ1v) is 12.5. The van der Waals surface area contributed by atoms with Crippen LogP contribution in [0.4, 0.5) is 4.39 Å². The Hall–Kier alpha value is -2.91. The lowest BCUT2D eigenvalue weighted by atomic mass is 9.64. The zero-order valence-corrected chi connectivity index (χ0v) is 19.8. The fourth-order valence-corrected chi connectivity index (χ4v) is 5.40. The third kappa shape index (κ3) is 5.77. The molecule has 0 aromatic heterocycles. The van der Waals surface area contributed by atoms with Gasteiger partial charge in [0, 0.05) is 39.1 Å². The number of rotatable bonds is 8. The van der Waals surface area contributed by atoms with Crippen molar-refractivity contribution in [2.45, 2.75) is 43.9 Å². The van der Waals surface area contributed by atoms with Crippen LogP contribution in [-0.2, 0) is 10.2 Å². The molecular formula is C28H34FN3O2. The number of carbonyl (C=O) groups excluding carboxylic acids is 1. The summed E-state index contributed by atoms with van der Waals surface area (Å²) in [6, 6.07) is 18.6. The van der Waals surface area contributed by atoms with Gasteiger partial charge in [0.15, 0.2) is 0 Å². The molecule has 1 amide bonds. The molecule has 4 rings (SSSR count). The van der Waals surface area contributed by atoms with Crippen LogP contribution >= 0.6 is 0 Å². The first-order chi connectivity index (χ1) is 16.6. The number of ether oxygens (including phenoxy) is 1. The number of benzene rings is 2. The van der Waals surface area contributed by atoms with Gasteiger partial charge in [0.05, 0.1) is 11.5 Å². The van der Waals surface area contributed by atoms with Gasteiger partial charge in [-0.3, -0.25) is 9.69 Å². The average molecular weight is 464 g/mol. The summed E-state index contributed by atoms with van der Waals surface area (Å²) in [7, 11) is 0. The summed E-state index contributed by atoms with van der Waals surface area (Å²) in [5.41, 5.74) is 0.230. The Morgan fingerprint density at radius 1 is 1.00 bits per heavy atom. The van der Waals surface area contributed by atoms with Crippen molar-refractivity contribution in [3.8, 4) is 11.8 Å². The molecular weight excluding hydrogens is 429 g/mol. The highest BCUT2D eigenvalue weighted by Gasteiger charge is 2.44. The van der Waals surface area contributed by atoms with Crippen molar-refractivity contribution in [1.29, 1.82) is 5.26 Å². The van der Waals surface area contributed by atoms with E-state index in [-0.39, 0.29) is 24.1 Å². The second kappa shape index (κ2) is 11.5. The van der Waals surface area contributed by atoms with Gasteiger partial charge >= 0.3 is 0 Å². The third-order valence-corrected chi connectivity index (χ3v) is 7.44. The molecule has 2 aromatic rings. The molecule has 6 heteroatoms. The van der Waals surface area contributed by atoms with Gasteiger partial charge in [-0.2, -0.15) is 5.26 Å². The minimum Gasteiger partial charge on any atom is -0.492 e. The molecule has 5 nitrogen and oxygen atoms in total. The Labute approximate surface area is 202 Å². The summed E-state index contributed by atoms with van der Waals surface area (Å²) < 4.78 is 18.7. The molecule has 180 valence electrons. The molecule has 1 atom stereocenters. The molecule has 1 aliphatic heterocycles. The Kier molecular flexibility index (Phi) is 8.18. The third-order valence-electron chi connectivity index (χ3n) is 7.44. The van der Waals surface area contributed by atoms with Gasteiger partial charge in [-0.05, 0) is 48.6 Å². The monoisotopic (exact) mass is 463 g/mol. The quantitative estimate of drug-likeness (QED) is 0.565. The van der Waals surface area contributed by atoms with Crippen molar-refractivity contribution in [2.24, 2.45) is 5.92 Å². The number of hydrogen-bond acceptors (Lipinski definition) is 4. The van der Waals surface area contributed by atoms with E-state index in [4.69, 9.17) is 4.74 Å². The summed E-state index contributed by atoms with van der Waals surface area (Å²) in [6.45, 7) is 4.17. The number of nitrogens with zero attached hydrogens (tertiary/aromatic N) is 3.